The Bertz CT molecular complexity index is 448. The Balaban J connectivity index is 1.54. The zero-order valence-electron chi connectivity index (χ0n) is 10.1. The number of anilines is 1. The molecule has 96 valence electrons. The fourth-order valence-corrected chi connectivity index (χ4v) is 3.54. The van der Waals surface area contributed by atoms with Crippen LogP contribution in [0.2, 0.25) is 5.15 Å². The number of carbonyl (C=O) groups is 1. The molecular formula is C13H16ClN3O. The zero-order valence-corrected chi connectivity index (χ0v) is 10.9. The highest BCUT2D eigenvalue weighted by Gasteiger charge is 2.40. The van der Waals surface area contributed by atoms with Crippen LogP contribution in [0.25, 0.3) is 0 Å². The topological polar surface area (TPSA) is 54.9 Å². The van der Waals surface area contributed by atoms with Gasteiger partial charge >= 0.3 is 0 Å². The Kier molecular flexibility index (Phi) is 3.20. The second kappa shape index (κ2) is 4.84. The normalized spacial score (nSPS) is 29.5. The lowest BCUT2D eigenvalue weighted by atomic mass is 9.86. The van der Waals surface area contributed by atoms with E-state index in [-0.39, 0.29) is 5.91 Å². The summed E-state index contributed by atoms with van der Waals surface area (Å²) in [6.45, 7) is 0. The molecule has 2 aliphatic rings. The van der Waals surface area contributed by atoms with Crippen LogP contribution in [-0.4, -0.2) is 16.1 Å². The lowest BCUT2D eigenvalue weighted by Gasteiger charge is -2.20. The summed E-state index contributed by atoms with van der Waals surface area (Å²) in [4.78, 5) is 11.9. The minimum Gasteiger partial charge on any atom is -0.309 e. The molecule has 2 bridgehead atoms. The van der Waals surface area contributed by atoms with Gasteiger partial charge in [0, 0.05) is 6.42 Å². The summed E-state index contributed by atoms with van der Waals surface area (Å²) in [5, 5.41) is 10.6. The van der Waals surface area contributed by atoms with Gasteiger partial charge < -0.3 is 5.32 Å². The van der Waals surface area contributed by atoms with E-state index in [2.05, 4.69) is 15.5 Å². The summed E-state index contributed by atoms with van der Waals surface area (Å²) in [6.07, 6.45) is 5.85. The fourth-order valence-electron chi connectivity index (χ4n) is 3.44. The smallest absolute Gasteiger partial charge is 0.225 e. The first-order chi connectivity index (χ1) is 8.70. The maximum absolute atomic E-state index is 11.9. The van der Waals surface area contributed by atoms with Crippen LogP contribution in [0.1, 0.15) is 32.1 Å². The van der Waals surface area contributed by atoms with E-state index in [0.717, 1.165) is 11.8 Å². The monoisotopic (exact) mass is 265 g/mol. The molecule has 1 aromatic rings. The third-order valence-corrected chi connectivity index (χ3v) is 4.43. The van der Waals surface area contributed by atoms with Crippen molar-refractivity contribution < 1.29 is 4.79 Å². The molecule has 0 aliphatic heterocycles. The van der Waals surface area contributed by atoms with Crippen LogP contribution in [0.5, 0.6) is 0 Å². The van der Waals surface area contributed by atoms with Crippen LogP contribution in [0.15, 0.2) is 12.1 Å². The number of nitrogens with one attached hydrogen (secondary N) is 1. The number of rotatable bonds is 3. The second-order valence-electron chi connectivity index (χ2n) is 5.43. The predicted molar refractivity (Wildman–Crippen MR) is 69.2 cm³/mol. The van der Waals surface area contributed by atoms with Crippen LogP contribution in [0.3, 0.4) is 0 Å². The van der Waals surface area contributed by atoms with Gasteiger partial charge in [0.2, 0.25) is 5.91 Å². The number of fused-ring (bicyclic) bond motifs is 2. The van der Waals surface area contributed by atoms with Gasteiger partial charge in [-0.3, -0.25) is 4.79 Å². The Labute approximate surface area is 111 Å². The molecule has 3 atom stereocenters. The summed E-state index contributed by atoms with van der Waals surface area (Å²) in [5.41, 5.74) is 0. The van der Waals surface area contributed by atoms with E-state index in [9.17, 15) is 4.79 Å². The third-order valence-electron chi connectivity index (χ3n) is 4.23. The fraction of sp³-hybridized carbons (Fsp3) is 0.615. The molecule has 18 heavy (non-hydrogen) atoms. The van der Waals surface area contributed by atoms with Crippen LogP contribution < -0.4 is 5.32 Å². The molecule has 3 unspecified atom stereocenters. The lowest BCUT2D eigenvalue weighted by Crippen LogP contribution is -2.20. The van der Waals surface area contributed by atoms with Crippen LogP contribution >= 0.6 is 11.6 Å². The van der Waals surface area contributed by atoms with Crippen molar-refractivity contribution in [1.29, 1.82) is 0 Å². The quantitative estimate of drug-likeness (QED) is 0.914. The summed E-state index contributed by atoms with van der Waals surface area (Å²) >= 11 is 5.64. The molecule has 0 spiro atoms. The molecule has 0 radical (unpaired) electrons. The van der Waals surface area contributed by atoms with Gasteiger partial charge in [0.25, 0.3) is 0 Å². The minimum absolute atomic E-state index is 0.0455. The molecule has 1 N–H and O–H groups in total. The van der Waals surface area contributed by atoms with Gasteiger partial charge in [0.15, 0.2) is 11.0 Å². The van der Waals surface area contributed by atoms with E-state index >= 15 is 0 Å². The first-order valence-corrected chi connectivity index (χ1v) is 6.87. The molecule has 5 heteroatoms. The van der Waals surface area contributed by atoms with Crippen molar-refractivity contribution in [3.05, 3.63) is 17.3 Å². The highest BCUT2D eigenvalue weighted by atomic mass is 35.5. The Hall–Kier alpha value is -1.16. The van der Waals surface area contributed by atoms with E-state index in [1.807, 2.05) is 0 Å². The number of aromatic nitrogens is 2. The highest BCUT2D eigenvalue weighted by molar-refractivity contribution is 6.29. The van der Waals surface area contributed by atoms with E-state index in [1.165, 1.54) is 25.7 Å². The summed E-state index contributed by atoms with van der Waals surface area (Å²) in [6, 6.07) is 3.30. The average Bonchev–Trinajstić information content (AvgIpc) is 2.94. The Morgan fingerprint density at radius 1 is 1.33 bits per heavy atom. The molecule has 0 saturated heterocycles. The lowest BCUT2D eigenvalue weighted by molar-refractivity contribution is -0.117. The van der Waals surface area contributed by atoms with Crippen molar-refractivity contribution >= 4 is 23.3 Å². The molecule has 2 aliphatic carbocycles. The largest absolute Gasteiger partial charge is 0.309 e. The Morgan fingerprint density at radius 2 is 2.22 bits per heavy atom. The van der Waals surface area contributed by atoms with Gasteiger partial charge in [-0.1, -0.05) is 18.0 Å². The van der Waals surface area contributed by atoms with Crippen LogP contribution in [-0.2, 0) is 4.79 Å². The maximum Gasteiger partial charge on any atom is 0.225 e. The van der Waals surface area contributed by atoms with Crippen molar-refractivity contribution in [2.75, 3.05) is 5.32 Å². The standard InChI is InChI=1S/C13H16ClN3O/c14-11-3-4-12(17-16-11)15-13(18)7-10-6-8-1-2-9(10)5-8/h3-4,8-10H,1-2,5-7H2,(H,15,17,18). The summed E-state index contributed by atoms with van der Waals surface area (Å²) in [5.74, 6) is 2.75. The summed E-state index contributed by atoms with van der Waals surface area (Å²) in [7, 11) is 0. The van der Waals surface area contributed by atoms with Crippen molar-refractivity contribution in [3.8, 4) is 0 Å². The predicted octanol–water partition coefficient (Wildman–Crippen LogP) is 2.89. The van der Waals surface area contributed by atoms with E-state index in [0.29, 0.717) is 23.3 Å². The van der Waals surface area contributed by atoms with Crippen LogP contribution in [0.4, 0.5) is 5.82 Å². The Morgan fingerprint density at radius 3 is 2.83 bits per heavy atom. The molecule has 2 fully saturated rings. The molecule has 2 saturated carbocycles. The van der Waals surface area contributed by atoms with Gasteiger partial charge in [0.05, 0.1) is 0 Å². The second-order valence-corrected chi connectivity index (χ2v) is 5.82. The number of hydrogen-bond donors (Lipinski definition) is 1. The van der Waals surface area contributed by atoms with E-state index in [4.69, 9.17) is 11.6 Å². The molecular weight excluding hydrogens is 250 g/mol. The number of halogens is 1. The highest BCUT2D eigenvalue weighted by Crippen LogP contribution is 2.49. The first kappa shape index (κ1) is 11.9. The van der Waals surface area contributed by atoms with Gasteiger partial charge in [-0.05, 0) is 49.1 Å². The molecule has 1 amide bonds. The molecule has 1 aromatic heterocycles. The van der Waals surface area contributed by atoms with Gasteiger partial charge in [0.1, 0.15) is 0 Å². The third kappa shape index (κ3) is 2.48. The molecule has 1 heterocycles. The van der Waals surface area contributed by atoms with Gasteiger partial charge in [-0.25, -0.2) is 0 Å². The summed E-state index contributed by atoms with van der Waals surface area (Å²) < 4.78 is 0. The number of nitrogens with zero attached hydrogens (tertiary/aromatic N) is 2. The van der Waals surface area contributed by atoms with Crippen molar-refractivity contribution in [1.82, 2.24) is 10.2 Å². The van der Waals surface area contributed by atoms with Crippen LogP contribution in [0, 0.1) is 17.8 Å². The number of hydrogen-bond acceptors (Lipinski definition) is 3. The minimum atomic E-state index is 0.0455. The van der Waals surface area contributed by atoms with Crippen molar-refractivity contribution in [3.63, 3.8) is 0 Å². The van der Waals surface area contributed by atoms with Gasteiger partial charge in [-0.15, -0.1) is 10.2 Å². The maximum atomic E-state index is 11.9. The SMILES string of the molecule is O=C(CC1CC2CCC1C2)Nc1ccc(Cl)nn1. The number of amides is 1. The molecule has 4 nitrogen and oxygen atoms in total. The van der Waals surface area contributed by atoms with Gasteiger partial charge in [-0.2, -0.15) is 0 Å². The van der Waals surface area contributed by atoms with Crippen molar-refractivity contribution in [2.45, 2.75) is 32.1 Å². The van der Waals surface area contributed by atoms with E-state index < -0.39 is 0 Å². The number of carbonyl (C=O) groups excluding carboxylic acids is 1. The zero-order chi connectivity index (χ0) is 12.5. The average molecular weight is 266 g/mol. The first-order valence-electron chi connectivity index (χ1n) is 6.50. The molecule has 3 rings (SSSR count). The van der Waals surface area contributed by atoms with E-state index in [1.54, 1.807) is 12.1 Å². The van der Waals surface area contributed by atoms with Crippen molar-refractivity contribution in [2.24, 2.45) is 17.8 Å². The molecule has 0 aromatic carbocycles.